The maximum atomic E-state index is 11.5. The topological polar surface area (TPSA) is 86.3 Å². The first-order valence-electron chi connectivity index (χ1n) is 14.5. The van der Waals surface area contributed by atoms with Crippen LogP contribution in [0.25, 0.3) is 0 Å². The van der Waals surface area contributed by atoms with Crippen molar-refractivity contribution in [2.45, 2.75) is 98.4 Å². The summed E-state index contributed by atoms with van der Waals surface area (Å²) in [5.74, 6) is 1.06. The van der Waals surface area contributed by atoms with Gasteiger partial charge >= 0.3 is 6.03 Å². The summed E-state index contributed by atoms with van der Waals surface area (Å²) in [5, 5.41) is 8.48. The molecule has 8 nitrogen and oxygen atoms in total. The number of hydrogen-bond donors (Lipinski definition) is 2. The highest BCUT2D eigenvalue weighted by Gasteiger charge is 2.24. The van der Waals surface area contributed by atoms with Crippen LogP contribution in [0.3, 0.4) is 0 Å². The molecule has 3 aliphatic rings. The highest BCUT2D eigenvalue weighted by Crippen LogP contribution is 2.29. The van der Waals surface area contributed by atoms with E-state index in [9.17, 15) is 4.79 Å². The van der Waals surface area contributed by atoms with Crippen molar-refractivity contribution in [1.29, 1.82) is 0 Å². The molecule has 2 amide bonds. The third kappa shape index (κ3) is 7.66. The molecule has 2 N–H and O–H groups in total. The smallest absolute Gasteiger partial charge is 0.317 e. The van der Waals surface area contributed by atoms with Gasteiger partial charge in [0.1, 0.15) is 0 Å². The van der Waals surface area contributed by atoms with Crippen LogP contribution in [0.4, 0.5) is 4.79 Å². The van der Waals surface area contributed by atoms with E-state index in [0.717, 1.165) is 39.1 Å². The van der Waals surface area contributed by atoms with Crippen molar-refractivity contribution in [3.63, 3.8) is 0 Å². The van der Waals surface area contributed by atoms with E-state index in [1.807, 2.05) is 28.6 Å². The van der Waals surface area contributed by atoms with Gasteiger partial charge in [-0.1, -0.05) is 27.7 Å². The van der Waals surface area contributed by atoms with Crippen LogP contribution in [0.2, 0.25) is 0 Å². The maximum absolute atomic E-state index is 11.5. The fourth-order valence-corrected chi connectivity index (χ4v) is 7.01. The standard InChI is InChI=1S/C11H17N3OS.C10H14N2.C9H14N2S/c1-7(2)10-13-8-4-5-14(11(15)12-3)6-9(8)16-10;1-8(2)12-6-9-3-4-11-5-10(9)7-12;1-6(2)9-11-7-5-10-4-3-8(7)12-9/h7H,4-6H2,1-3H3,(H,12,15);3-5,8H,6-7H2,1-2H3;6,10H,3-5H2,1-2H3. The van der Waals surface area contributed by atoms with E-state index in [2.05, 4.69) is 78.1 Å². The van der Waals surface area contributed by atoms with Crippen LogP contribution in [-0.2, 0) is 39.0 Å². The third-order valence-corrected chi connectivity index (χ3v) is 10.2. The molecule has 3 aliphatic heterocycles. The zero-order valence-electron chi connectivity index (χ0n) is 25.1. The van der Waals surface area contributed by atoms with Gasteiger partial charge < -0.3 is 15.5 Å². The second-order valence-electron chi connectivity index (χ2n) is 11.4. The van der Waals surface area contributed by atoms with Gasteiger partial charge in [0.15, 0.2) is 0 Å². The Kier molecular flexibility index (Phi) is 10.7. The predicted octanol–water partition coefficient (Wildman–Crippen LogP) is 5.68. The normalized spacial score (nSPS) is 16.1. The first-order chi connectivity index (χ1) is 19.2. The Hall–Kier alpha value is -2.40. The van der Waals surface area contributed by atoms with Crippen LogP contribution in [0, 0.1) is 0 Å². The average Bonchev–Trinajstić information content (AvgIpc) is 3.69. The number of carbonyl (C=O) groups is 1. The third-order valence-electron chi connectivity index (χ3n) is 7.33. The minimum Gasteiger partial charge on any atom is -0.341 e. The predicted molar refractivity (Wildman–Crippen MR) is 165 cm³/mol. The largest absolute Gasteiger partial charge is 0.341 e. The molecule has 6 rings (SSSR count). The lowest BCUT2D eigenvalue weighted by molar-refractivity contribution is 0.195. The summed E-state index contributed by atoms with van der Waals surface area (Å²) in [6, 6.07) is 2.76. The lowest BCUT2D eigenvalue weighted by Crippen LogP contribution is -2.40. The van der Waals surface area contributed by atoms with E-state index in [0.29, 0.717) is 24.4 Å². The monoisotopic (exact) mass is 583 g/mol. The molecule has 0 saturated heterocycles. The number of aromatic nitrogens is 3. The zero-order chi connectivity index (χ0) is 28.8. The van der Waals surface area contributed by atoms with Crippen molar-refractivity contribution in [3.05, 3.63) is 60.7 Å². The lowest BCUT2D eigenvalue weighted by atomic mass is 10.2. The fraction of sp³-hybridized carbons (Fsp3) is 0.600. The average molecular weight is 584 g/mol. The summed E-state index contributed by atoms with van der Waals surface area (Å²) in [6.07, 6.45) is 5.91. The molecular formula is C30H45N7OS2. The Bertz CT molecular complexity index is 1220. The second-order valence-corrected chi connectivity index (χ2v) is 13.7. The van der Waals surface area contributed by atoms with Gasteiger partial charge in [-0.25, -0.2) is 14.8 Å². The van der Waals surface area contributed by atoms with Crippen molar-refractivity contribution in [3.8, 4) is 0 Å². The van der Waals surface area contributed by atoms with Gasteiger partial charge in [-0.15, -0.1) is 22.7 Å². The molecule has 3 aromatic heterocycles. The van der Waals surface area contributed by atoms with Crippen molar-refractivity contribution in [2.75, 3.05) is 20.1 Å². The highest BCUT2D eigenvalue weighted by atomic mass is 32.1. The SMILES string of the molecule is CC(C)N1Cc2ccncc2C1.CC(C)c1nc2c(s1)CCNC2.CNC(=O)N1CCc2nc(C(C)C)sc2C1. The molecule has 218 valence electrons. The van der Waals surface area contributed by atoms with E-state index in [-0.39, 0.29) is 6.03 Å². The number of hydrogen-bond acceptors (Lipinski definition) is 8. The van der Waals surface area contributed by atoms with Crippen molar-refractivity contribution in [1.82, 2.24) is 35.4 Å². The van der Waals surface area contributed by atoms with Gasteiger partial charge in [0, 0.05) is 86.2 Å². The van der Waals surface area contributed by atoms with Crippen molar-refractivity contribution in [2.24, 2.45) is 0 Å². The molecule has 0 saturated carbocycles. The van der Waals surface area contributed by atoms with Crippen LogP contribution in [0.15, 0.2) is 18.5 Å². The van der Waals surface area contributed by atoms with Crippen LogP contribution in [0.5, 0.6) is 0 Å². The molecule has 0 fully saturated rings. The Morgan fingerprint density at radius 3 is 2.23 bits per heavy atom. The van der Waals surface area contributed by atoms with E-state index in [1.54, 1.807) is 18.4 Å². The van der Waals surface area contributed by atoms with Gasteiger partial charge in [-0.2, -0.15) is 0 Å². The Labute approximate surface area is 247 Å². The Morgan fingerprint density at radius 1 is 0.925 bits per heavy atom. The van der Waals surface area contributed by atoms with Crippen LogP contribution >= 0.6 is 22.7 Å². The van der Waals surface area contributed by atoms with E-state index >= 15 is 0 Å². The maximum Gasteiger partial charge on any atom is 0.317 e. The molecule has 0 unspecified atom stereocenters. The summed E-state index contributed by atoms with van der Waals surface area (Å²) in [7, 11) is 1.67. The molecule has 3 aromatic rings. The molecule has 0 radical (unpaired) electrons. The summed E-state index contributed by atoms with van der Waals surface area (Å²) < 4.78 is 0. The number of carbonyl (C=O) groups excluding carboxylic acids is 1. The molecule has 0 atom stereocenters. The second kappa shape index (κ2) is 14.0. The molecule has 10 heteroatoms. The number of thiazole rings is 2. The van der Waals surface area contributed by atoms with Gasteiger partial charge in [-0.3, -0.25) is 9.88 Å². The summed E-state index contributed by atoms with van der Waals surface area (Å²) in [4.78, 5) is 31.9. The number of amides is 2. The number of nitrogens with zero attached hydrogens (tertiary/aromatic N) is 5. The lowest BCUT2D eigenvalue weighted by Gasteiger charge is -2.25. The van der Waals surface area contributed by atoms with Crippen molar-refractivity contribution >= 4 is 28.7 Å². The number of pyridine rings is 1. The van der Waals surface area contributed by atoms with E-state index < -0.39 is 0 Å². The minimum absolute atomic E-state index is 0.00477. The summed E-state index contributed by atoms with van der Waals surface area (Å²) in [5.41, 5.74) is 5.31. The Balaban J connectivity index is 0.000000141. The van der Waals surface area contributed by atoms with Gasteiger partial charge in [0.25, 0.3) is 0 Å². The fourth-order valence-electron chi connectivity index (χ4n) is 4.80. The first-order valence-corrected chi connectivity index (χ1v) is 16.1. The highest BCUT2D eigenvalue weighted by molar-refractivity contribution is 7.12. The molecule has 0 bridgehead atoms. The molecule has 0 aromatic carbocycles. The summed E-state index contributed by atoms with van der Waals surface area (Å²) >= 11 is 3.63. The minimum atomic E-state index is 0.00477. The van der Waals surface area contributed by atoms with E-state index in [4.69, 9.17) is 0 Å². The van der Waals surface area contributed by atoms with E-state index in [1.165, 1.54) is 48.7 Å². The number of fused-ring (bicyclic) bond motifs is 3. The number of rotatable bonds is 3. The first kappa shape index (κ1) is 30.6. The Morgan fingerprint density at radius 2 is 1.60 bits per heavy atom. The van der Waals surface area contributed by atoms with Crippen LogP contribution < -0.4 is 10.6 Å². The van der Waals surface area contributed by atoms with Gasteiger partial charge in [0.2, 0.25) is 0 Å². The molecule has 40 heavy (non-hydrogen) atoms. The zero-order valence-corrected chi connectivity index (χ0v) is 26.7. The van der Waals surface area contributed by atoms with Gasteiger partial charge in [0.05, 0.1) is 27.9 Å². The van der Waals surface area contributed by atoms with Crippen LogP contribution in [-0.4, -0.2) is 57.0 Å². The quantitative estimate of drug-likeness (QED) is 0.413. The molecular weight excluding hydrogens is 539 g/mol. The number of nitrogens with one attached hydrogen (secondary N) is 2. The molecule has 0 spiro atoms. The summed E-state index contributed by atoms with van der Waals surface area (Å²) in [6.45, 7) is 18.9. The molecule has 0 aliphatic carbocycles. The number of urea groups is 1. The molecule has 6 heterocycles. The van der Waals surface area contributed by atoms with Crippen molar-refractivity contribution < 1.29 is 4.79 Å². The van der Waals surface area contributed by atoms with Crippen LogP contribution in [0.1, 0.15) is 95.7 Å². The van der Waals surface area contributed by atoms with Gasteiger partial charge in [-0.05, 0) is 37.5 Å².